The van der Waals surface area contributed by atoms with E-state index in [-0.39, 0.29) is 5.56 Å². The van der Waals surface area contributed by atoms with Crippen LogP contribution in [0.3, 0.4) is 0 Å². The lowest BCUT2D eigenvalue weighted by Gasteiger charge is -2.04. The number of hydrogen-bond donors (Lipinski definition) is 2. The summed E-state index contributed by atoms with van der Waals surface area (Å²) in [6.07, 6.45) is 1.59. The van der Waals surface area contributed by atoms with E-state index in [0.29, 0.717) is 11.5 Å². The second-order valence-corrected chi connectivity index (χ2v) is 6.55. The van der Waals surface area contributed by atoms with Gasteiger partial charge in [-0.2, -0.15) is 5.10 Å². The summed E-state index contributed by atoms with van der Waals surface area (Å²) in [6, 6.07) is 16.4. The van der Waals surface area contributed by atoms with Gasteiger partial charge in [-0.3, -0.25) is 5.43 Å². The number of rotatable bonds is 5. The maximum Gasteiger partial charge on any atom is 0.335 e. The number of aromatic carboxylic acids is 1. The van der Waals surface area contributed by atoms with Gasteiger partial charge in [-0.1, -0.05) is 18.2 Å². The smallest absolute Gasteiger partial charge is 0.335 e. The zero-order valence-corrected chi connectivity index (χ0v) is 15.5. The van der Waals surface area contributed by atoms with Crippen molar-refractivity contribution < 1.29 is 14.3 Å². The summed E-state index contributed by atoms with van der Waals surface area (Å²) in [5, 5.41) is 13.3. The van der Waals surface area contributed by atoms with Crippen molar-refractivity contribution >= 4 is 40.5 Å². The molecule has 0 aliphatic heterocycles. The third-order valence-corrected chi connectivity index (χ3v) is 4.57. The molecule has 0 atom stereocenters. The van der Waals surface area contributed by atoms with E-state index in [1.54, 1.807) is 30.5 Å². The maximum absolute atomic E-state index is 11.1. The Hall–Kier alpha value is -2.61. The van der Waals surface area contributed by atoms with Crippen LogP contribution in [-0.4, -0.2) is 17.3 Å². The van der Waals surface area contributed by atoms with Crippen LogP contribution in [0.5, 0.6) is 0 Å². The number of carbonyl (C=O) groups is 1. The molecular formula is C19H15IN2O3. The molecule has 0 aliphatic carbocycles. The number of nitrogens with one attached hydrogen (secondary N) is 1. The van der Waals surface area contributed by atoms with E-state index in [0.717, 1.165) is 20.4 Å². The Labute approximate surface area is 158 Å². The highest BCUT2D eigenvalue weighted by molar-refractivity contribution is 14.1. The van der Waals surface area contributed by atoms with Crippen LogP contribution >= 0.6 is 22.6 Å². The first-order chi connectivity index (χ1) is 12.0. The van der Waals surface area contributed by atoms with E-state index in [1.165, 1.54) is 0 Å². The van der Waals surface area contributed by atoms with Crippen LogP contribution in [0.25, 0.3) is 11.3 Å². The lowest BCUT2D eigenvalue weighted by Crippen LogP contribution is -1.97. The second-order valence-electron chi connectivity index (χ2n) is 5.39. The predicted molar refractivity (Wildman–Crippen MR) is 106 cm³/mol. The zero-order valence-electron chi connectivity index (χ0n) is 13.4. The first-order valence-corrected chi connectivity index (χ1v) is 8.60. The van der Waals surface area contributed by atoms with Crippen LogP contribution in [0.1, 0.15) is 21.7 Å². The van der Waals surface area contributed by atoms with Gasteiger partial charge in [-0.05, 0) is 71.5 Å². The molecule has 0 aliphatic rings. The van der Waals surface area contributed by atoms with Gasteiger partial charge in [-0.25, -0.2) is 4.79 Å². The van der Waals surface area contributed by atoms with E-state index in [9.17, 15) is 4.79 Å². The number of halogens is 1. The summed E-state index contributed by atoms with van der Waals surface area (Å²) in [4.78, 5) is 11.1. The molecule has 2 N–H and O–H groups in total. The van der Waals surface area contributed by atoms with Gasteiger partial charge in [0, 0.05) is 9.13 Å². The van der Waals surface area contributed by atoms with E-state index in [4.69, 9.17) is 9.52 Å². The molecule has 0 unspecified atom stereocenters. The van der Waals surface area contributed by atoms with Crippen molar-refractivity contribution in [3.05, 3.63) is 75.1 Å². The molecule has 0 spiro atoms. The normalized spacial score (nSPS) is 11.0. The molecule has 0 saturated carbocycles. The third kappa shape index (κ3) is 4.08. The molecule has 0 saturated heterocycles. The average Bonchev–Trinajstić information content (AvgIpc) is 3.05. The molecule has 1 heterocycles. The molecule has 3 aromatic rings. The highest BCUT2D eigenvalue weighted by atomic mass is 127. The highest BCUT2D eigenvalue weighted by Gasteiger charge is 2.11. The van der Waals surface area contributed by atoms with E-state index in [2.05, 4.69) is 33.1 Å². The summed E-state index contributed by atoms with van der Waals surface area (Å²) in [6.45, 7) is 1.91. The minimum atomic E-state index is -0.962. The fourth-order valence-electron chi connectivity index (χ4n) is 2.30. The Morgan fingerprint density at radius 1 is 1.20 bits per heavy atom. The number of anilines is 1. The summed E-state index contributed by atoms with van der Waals surface area (Å²) in [5.41, 5.74) is 5.81. The molecule has 5 nitrogen and oxygen atoms in total. The molecule has 6 heteroatoms. The Kier molecular flexibility index (Phi) is 5.18. The number of furan rings is 1. The van der Waals surface area contributed by atoms with Gasteiger partial charge >= 0.3 is 5.97 Å². The van der Waals surface area contributed by atoms with Crippen LogP contribution in [-0.2, 0) is 0 Å². The van der Waals surface area contributed by atoms with Crippen molar-refractivity contribution in [2.24, 2.45) is 5.10 Å². The molecule has 25 heavy (non-hydrogen) atoms. The van der Waals surface area contributed by atoms with Gasteiger partial charge < -0.3 is 9.52 Å². The summed E-state index contributed by atoms with van der Waals surface area (Å²) in [5.74, 6) is 0.223. The maximum atomic E-state index is 11.1. The van der Waals surface area contributed by atoms with E-state index in [1.807, 2.05) is 37.3 Å². The fourth-order valence-corrected chi connectivity index (χ4v) is 2.81. The molecule has 126 valence electrons. The molecule has 0 fully saturated rings. The van der Waals surface area contributed by atoms with Crippen LogP contribution in [0, 0.1) is 10.5 Å². The fraction of sp³-hybridized carbons (Fsp3) is 0.0526. The van der Waals surface area contributed by atoms with Gasteiger partial charge in [0.1, 0.15) is 11.5 Å². The van der Waals surface area contributed by atoms with Crippen molar-refractivity contribution in [1.29, 1.82) is 0 Å². The van der Waals surface area contributed by atoms with Crippen molar-refractivity contribution in [2.45, 2.75) is 6.92 Å². The Balaban J connectivity index is 1.79. The van der Waals surface area contributed by atoms with Gasteiger partial charge in [0.05, 0.1) is 17.5 Å². The molecule has 2 aromatic carbocycles. The second kappa shape index (κ2) is 7.52. The topological polar surface area (TPSA) is 74.8 Å². The number of para-hydroxylation sites is 1. The average molecular weight is 446 g/mol. The van der Waals surface area contributed by atoms with Gasteiger partial charge in [0.25, 0.3) is 0 Å². The number of carboxylic acid groups (broad SMARTS) is 1. The van der Waals surface area contributed by atoms with Crippen molar-refractivity contribution in [2.75, 3.05) is 5.43 Å². The SMILES string of the molecule is Cc1ccc(C(=O)O)cc1-c1ccc(/C=N/Nc2ccccc2I)o1. The summed E-state index contributed by atoms with van der Waals surface area (Å²) < 4.78 is 6.84. The van der Waals surface area contributed by atoms with E-state index >= 15 is 0 Å². The van der Waals surface area contributed by atoms with Gasteiger partial charge in [-0.15, -0.1) is 0 Å². The first-order valence-electron chi connectivity index (χ1n) is 7.52. The zero-order chi connectivity index (χ0) is 17.8. The summed E-state index contributed by atoms with van der Waals surface area (Å²) >= 11 is 2.23. The Bertz CT molecular complexity index is 947. The number of hydrogen-bond acceptors (Lipinski definition) is 4. The van der Waals surface area contributed by atoms with Crippen LogP contribution in [0.15, 0.2) is 64.1 Å². The number of carboxylic acids is 1. The minimum absolute atomic E-state index is 0.229. The monoisotopic (exact) mass is 446 g/mol. The number of aryl methyl sites for hydroxylation is 1. The summed E-state index contributed by atoms with van der Waals surface area (Å²) in [7, 11) is 0. The third-order valence-electron chi connectivity index (χ3n) is 3.63. The lowest BCUT2D eigenvalue weighted by atomic mass is 10.0. The van der Waals surface area contributed by atoms with Crippen LogP contribution < -0.4 is 5.43 Å². The number of hydrazone groups is 1. The van der Waals surface area contributed by atoms with Gasteiger partial charge in [0.2, 0.25) is 0 Å². The first kappa shape index (κ1) is 17.2. The highest BCUT2D eigenvalue weighted by Crippen LogP contribution is 2.26. The number of benzene rings is 2. The molecule has 3 rings (SSSR count). The number of nitrogens with zero attached hydrogens (tertiary/aromatic N) is 1. The standard InChI is InChI=1S/C19H15IN2O3/c1-12-6-7-13(19(23)24)10-15(12)18-9-8-14(25-18)11-21-22-17-5-3-2-4-16(17)20/h2-11,22H,1H3,(H,23,24)/b21-11+. The van der Waals surface area contributed by atoms with Crippen molar-refractivity contribution in [3.63, 3.8) is 0 Å². The molecular weight excluding hydrogens is 431 g/mol. The van der Waals surface area contributed by atoms with Crippen molar-refractivity contribution in [3.8, 4) is 11.3 Å². The van der Waals surface area contributed by atoms with Crippen molar-refractivity contribution in [1.82, 2.24) is 0 Å². The molecule has 0 amide bonds. The van der Waals surface area contributed by atoms with Crippen LogP contribution in [0.4, 0.5) is 5.69 Å². The Morgan fingerprint density at radius 2 is 2.00 bits per heavy atom. The van der Waals surface area contributed by atoms with Gasteiger partial charge in [0.15, 0.2) is 0 Å². The lowest BCUT2D eigenvalue weighted by molar-refractivity contribution is 0.0697. The quantitative estimate of drug-likeness (QED) is 0.329. The largest absolute Gasteiger partial charge is 0.478 e. The molecule has 0 bridgehead atoms. The Morgan fingerprint density at radius 3 is 2.76 bits per heavy atom. The van der Waals surface area contributed by atoms with Crippen LogP contribution in [0.2, 0.25) is 0 Å². The molecule has 0 radical (unpaired) electrons. The minimum Gasteiger partial charge on any atom is -0.478 e. The molecule has 1 aromatic heterocycles. The van der Waals surface area contributed by atoms with E-state index < -0.39 is 5.97 Å². The predicted octanol–water partition coefficient (Wildman–Crippen LogP) is 5.00.